The Hall–Kier alpha value is 0.390. The van der Waals surface area contributed by atoms with E-state index >= 15 is 0 Å². The lowest BCUT2D eigenvalue weighted by Crippen LogP contribution is -2.20. The highest BCUT2D eigenvalue weighted by Gasteiger charge is 2.55. The smallest absolute Gasteiger partial charge is 0.0872 e. The summed E-state index contributed by atoms with van der Waals surface area (Å²) in [4.78, 5) is 0. The van der Waals surface area contributed by atoms with Crippen molar-refractivity contribution in [1.29, 1.82) is 0 Å². The van der Waals surface area contributed by atoms with Crippen LogP contribution in [-0.2, 0) is 4.74 Å². The molecule has 0 amide bonds. The van der Waals surface area contributed by atoms with E-state index in [1.54, 1.807) is 0 Å². The Balaban J connectivity index is 1.79. The molecule has 0 spiro atoms. The monoisotopic (exact) mass is 186 g/mol. The van der Waals surface area contributed by atoms with Gasteiger partial charge in [-0.2, -0.15) is 0 Å². The summed E-state index contributed by atoms with van der Waals surface area (Å²) in [5.74, 6) is 0. The van der Waals surface area contributed by atoms with Crippen molar-refractivity contribution >= 4 is 7.92 Å². The fourth-order valence-electron chi connectivity index (χ4n) is 1.47. The van der Waals surface area contributed by atoms with Gasteiger partial charge in [0, 0.05) is 0 Å². The van der Waals surface area contributed by atoms with Crippen LogP contribution in [-0.4, -0.2) is 24.3 Å². The molecule has 1 heterocycles. The third-order valence-electron chi connectivity index (χ3n) is 2.48. The standard InChI is InChI=1S/C10H19OP/c1-9(2,3)8-11-10(4-5-10)12-6-7-12/h4-8H2,1-3H3. The highest BCUT2D eigenvalue weighted by atomic mass is 31.1. The van der Waals surface area contributed by atoms with E-state index in [1.165, 1.54) is 25.2 Å². The van der Waals surface area contributed by atoms with E-state index in [4.69, 9.17) is 4.74 Å². The minimum Gasteiger partial charge on any atom is -0.370 e. The van der Waals surface area contributed by atoms with Crippen LogP contribution in [0.2, 0.25) is 0 Å². The highest BCUT2D eigenvalue weighted by molar-refractivity contribution is 7.66. The van der Waals surface area contributed by atoms with Crippen molar-refractivity contribution in [3.05, 3.63) is 0 Å². The molecule has 0 atom stereocenters. The van der Waals surface area contributed by atoms with Crippen molar-refractivity contribution in [3.63, 3.8) is 0 Å². The lowest BCUT2D eigenvalue weighted by molar-refractivity contribution is 0.0390. The fourth-order valence-corrected chi connectivity index (χ4v) is 3.67. The molecule has 0 aromatic heterocycles. The molecule has 0 unspecified atom stereocenters. The summed E-state index contributed by atoms with van der Waals surface area (Å²) in [7, 11) is 0.342. The maximum Gasteiger partial charge on any atom is 0.0872 e. The zero-order valence-electron chi connectivity index (χ0n) is 8.39. The van der Waals surface area contributed by atoms with E-state index in [0.717, 1.165) is 6.61 Å². The summed E-state index contributed by atoms with van der Waals surface area (Å²) in [5, 5.41) is 0.433. The SMILES string of the molecule is CC(C)(C)COC1(P2CC2)CC1. The Morgan fingerprint density at radius 3 is 2.17 bits per heavy atom. The predicted molar refractivity (Wildman–Crippen MR) is 54.0 cm³/mol. The number of rotatable bonds is 3. The second kappa shape index (κ2) is 2.69. The van der Waals surface area contributed by atoms with Crippen LogP contribution in [0.3, 0.4) is 0 Å². The number of hydrogen-bond donors (Lipinski definition) is 0. The van der Waals surface area contributed by atoms with Crippen molar-refractivity contribution in [2.45, 2.75) is 39.0 Å². The molecule has 70 valence electrons. The first-order valence-electron chi connectivity index (χ1n) is 4.91. The van der Waals surface area contributed by atoms with E-state index in [1.807, 2.05) is 0 Å². The molecule has 0 N–H and O–H groups in total. The summed E-state index contributed by atoms with van der Waals surface area (Å²) in [6.07, 6.45) is 5.68. The lowest BCUT2D eigenvalue weighted by atomic mass is 9.99. The van der Waals surface area contributed by atoms with Crippen LogP contribution in [0, 0.1) is 5.41 Å². The highest BCUT2D eigenvalue weighted by Crippen LogP contribution is 2.72. The normalized spacial score (nSPS) is 27.2. The largest absolute Gasteiger partial charge is 0.370 e. The first-order valence-corrected chi connectivity index (χ1v) is 6.62. The Labute approximate surface area is 76.6 Å². The van der Waals surface area contributed by atoms with Crippen molar-refractivity contribution < 1.29 is 4.74 Å². The molecular weight excluding hydrogens is 167 g/mol. The first kappa shape index (κ1) is 8.97. The maximum atomic E-state index is 6.06. The molecule has 1 aliphatic carbocycles. The van der Waals surface area contributed by atoms with Crippen LogP contribution in [0.15, 0.2) is 0 Å². The maximum absolute atomic E-state index is 6.06. The molecule has 0 bridgehead atoms. The van der Waals surface area contributed by atoms with E-state index in [2.05, 4.69) is 20.8 Å². The second-order valence-corrected chi connectivity index (χ2v) is 8.07. The van der Waals surface area contributed by atoms with Crippen molar-refractivity contribution in [2.75, 3.05) is 18.9 Å². The predicted octanol–water partition coefficient (Wildman–Crippen LogP) is 3.03. The van der Waals surface area contributed by atoms with E-state index in [-0.39, 0.29) is 0 Å². The summed E-state index contributed by atoms with van der Waals surface area (Å²) < 4.78 is 6.06. The minimum atomic E-state index is 0.342. The molecule has 2 heteroatoms. The zero-order valence-corrected chi connectivity index (χ0v) is 9.29. The molecule has 0 radical (unpaired) electrons. The zero-order chi connectivity index (χ0) is 8.82. The summed E-state index contributed by atoms with van der Waals surface area (Å²) in [5.41, 5.74) is 0.348. The topological polar surface area (TPSA) is 9.23 Å². The van der Waals surface area contributed by atoms with Gasteiger partial charge in [0.25, 0.3) is 0 Å². The Morgan fingerprint density at radius 1 is 1.25 bits per heavy atom. The van der Waals surface area contributed by atoms with E-state index in [9.17, 15) is 0 Å². The minimum absolute atomic E-state index is 0.342. The third kappa shape index (κ3) is 2.00. The second-order valence-electron chi connectivity index (χ2n) is 5.28. The van der Waals surface area contributed by atoms with Gasteiger partial charge in [-0.25, -0.2) is 0 Å². The van der Waals surface area contributed by atoms with Crippen molar-refractivity contribution in [3.8, 4) is 0 Å². The molecule has 1 saturated carbocycles. The van der Waals surface area contributed by atoms with Crippen LogP contribution < -0.4 is 0 Å². The van der Waals surface area contributed by atoms with Gasteiger partial charge in [-0.3, -0.25) is 0 Å². The molecule has 2 rings (SSSR count). The lowest BCUT2D eigenvalue weighted by Gasteiger charge is -2.23. The van der Waals surface area contributed by atoms with Gasteiger partial charge in [-0.05, 0) is 30.6 Å². The molecule has 1 saturated heterocycles. The van der Waals surface area contributed by atoms with Gasteiger partial charge in [0.1, 0.15) is 0 Å². The van der Waals surface area contributed by atoms with Crippen LogP contribution in [0.1, 0.15) is 33.6 Å². The molecule has 0 aromatic rings. The van der Waals surface area contributed by atoms with Gasteiger partial charge in [-0.15, -0.1) is 0 Å². The van der Waals surface area contributed by atoms with Gasteiger partial charge in [0.2, 0.25) is 0 Å². The van der Waals surface area contributed by atoms with Gasteiger partial charge in [0.05, 0.1) is 11.9 Å². The van der Waals surface area contributed by atoms with Crippen molar-refractivity contribution in [2.24, 2.45) is 5.41 Å². The van der Waals surface area contributed by atoms with Gasteiger partial charge >= 0.3 is 0 Å². The summed E-state index contributed by atoms with van der Waals surface area (Å²) >= 11 is 0. The first-order chi connectivity index (χ1) is 5.52. The summed E-state index contributed by atoms with van der Waals surface area (Å²) in [6, 6.07) is 0. The molecule has 1 aliphatic heterocycles. The Morgan fingerprint density at radius 2 is 1.83 bits per heavy atom. The van der Waals surface area contributed by atoms with E-state index in [0.29, 0.717) is 18.7 Å². The third-order valence-corrected chi connectivity index (χ3v) is 5.10. The van der Waals surface area contributed by atoms with Crippen molar-refractivity contribution in [1.82, 2.24) is 0 Å². The van der Waals surface area contributed by atoms with Crippen LogP contribution in [0.4, 0.5) is 0 Å². The molecule has 0 aromatic carbocycles. The number of ether oxygens (including phenoxy) is 1. The molecular formula is C10H19OP. The van der Waals surface area contributed by atoms with Crippen LogP contribution >= 0.6 is 7.92 Å². The fraction of sp³-hybridized carbons (Fsp3) is 1.00. The van der Waals surface area contributed by atoms with Gasteiger partial charge < -0.3 is 4.74 Å². The molecule has 2 fully saturated rings. The van der Waals surface area contributed by atoms with Gasteiger partial charge in [0.15, 0.2) is 0 Å². The van der Waals surface area contributed by atoms with E-state index < -0.39 is 0 Å². The van der Waals surface area contributed by atoms with Crippen LogP contribution in [0.25, 0.3) is 0 Å². The number of hydrogen-bond acceptors (Lipinski definition) is 1. The Bertz CT molecular complexity index is 175. The molecule has 1 nitrogen and oxygen atoms in total. The average Bonchev–Trinajstić information content (AvgIpc) is 2.78. The Kier molecular flexibility index (Phi) is 2.01. The van der Waals surface area contributed by atoms with Gasteiger partial charge in [-0.1, -0.05) is 28.7 Å². The van der Waals surface area contributed by atoms with Crippen LogP contribution in [0.5, 0.6) is 0 Å². The molecule has 2 aliphatic rings. The molecule has 12 heavy (non-hydrogen) atoms. The summed E-state index contributed by atoms with van der Waals surface area (Å²) in [6.45, 7) is 7.71. The quantitative estimate of drug-likeness (QED) is 0.615. The average molecular weight is 186 g/mol.